The summed E-state index contributed by atoms with van der Waals surface area (Å²) in [5.74, 6) is -3.15. The third kappa shape index (κ3) is 5.85. The highest BCUT2D eigenvalue weighted by molar-refractivity contribution is 5.68. The third-order valence-electron chi connectivity index (χ3n) is 1.81. The van der Waals surface area contributed by atoms with E-state index < -0.39 is 36.7 Å². The fraction of sp³-hybridized carbons (Fsp3) is 0.900. The first-order valence-electron chi connectivity index (χ1n) is 5.06. The molecule has 0 aliphatic carbocycles. The Labute approximate surface area is 94.0 Å². The van der Waals surface area contributed by atoms with Crippen LogP contribution in [0.15, 0.2) is 0 Å². The molecule has 0 fully saturated rings. The lowest BCUT2D eigenvalue weighted by molar-refractivity contribution is -0.0523. The number of alkyl halides is 2. The van der Waals surface area contributed by atoms with Gasteiger partial charge in [-0.15, -0.1) is 0 Å². The van der Waals surface area contributed by atoms with Crippen LogP contribution in [0.3, 0.4) is 0 Å². The lowest BCUT2D eigenvalue weighted by Gasteiger charge is -2.26. The van der Waals surface area contributed by atoms with Gasteiger partial charge in [0.25, 0.3) is 5.92 Å². The minimum absolute atomic E-state index is 0.632. The Morgan fingerprint density at radius 3 is 2.31 bits per heavy atom. The zero-order chi connectivity index (χ0) is 13.0. The SMILES string of the molecule is C[C@H](NC(=O)OC(C)(C)C)C(F)(F)CCO. The topological polar surface area (TPSA) is 58.6 Å². The molecule has 0 saturated carbocycles. The van der Waals surface area contributed by atoms with Gasteiger partial charge in [-0.1, -0.05) is 0 Å². The lowest BCUT2D eigenvalue weighted by atomic mass is 10.1. The summed E-state index contributed by atoms with van der Waals surface area (Å²) >= 11 is 0. The van der Waals surface area contributed by atoms with Crippen molar-refractivity contribution in [2.75, 3.05) is 6.61 Å². The number of hydrogen-bond donors (Lipinski definition) is 2. The molecule has 4 nitrogen and oxygen atoms in total. The quantitative estimate of drug-likeness (QED) is 0.788. The molecule has 0 aromatic carbocycles. The van der Waals surface area contributed by atoms with Crippen LogP contribution in [0, 0.1) is 0 Å². The Morgan fingerprint density at radius 2 is 1.94 bits per heavy atom. The van der Waals surface area contributed by atoms with Crippen LogP contribution in [-0.2, 0) is 4.74 Å². The predicted molar refractivity (Wildman–Crippen MR) is 55.5 cm³/mol. The number of aliphatic hydroxyl groups excluding tert-OH is 1. The zero-order valence-corrected chi connectivity index (χ0v) is 10.0. The number of alkyl carbamates (subject to hydrolysis) is 1. The summed E-state index contributed by atoms with van der Waals surface area (Å²) in [6, 6.07) is -1.38. The van der Waals surface area contributed by atoms with Gasteiger partial charge >= 0.3 is 6.09 Å². The Morgan fingerprint density at radius 1 is 1.44 bits per heavy atom. The van der Waals surface area contributed by atoms with E-state index in [4.69, 9.17) is 9.84 Å². The fourth-order valence-corrected chi connectivity index (χ4v) is 0.955. The van der Waals surface area contributed by atoms with Gasteiger partial charge in [0.1, 0.15) is 5.60 Å². The number of hydrogen-bond acceptors (Lipinski definition) is 3. The van der Waals surface area contributed by atoms with Crippen LogP contribution in [-0.4, -0.2) is 35.4 Å². The average molecular weight is 239 g/mol. The summed E-state index contributed by atoms with van der Waals surface area (Å²) in [6.07, 6.45) is -1.58. The molecule has 0 radical (unpaired) electrons. The molecule has 0 saturated heterocycles. The van der Waals surface area contributed by atoms with E-state index >= 15 is 0 Å². The van der Waals surface area contributed by atoms with E-state index in [9.17, 15) is 13.6 Å². The van der Waals surface area contributed by atoms with Gasteiger partial charge < -0.3 is 15.2 Å². The van der Waals surface area contributed by atoms with Gasteiger partial charge in [-0.2, -0.15) is 0 Å². The maximum atomic E-state index is 13.2. The first kappa shape index (κ1) is 15.1. The van der Waals surface area contributed by atoms with Gasteiger partial charge in [-0.25, -0.2) is 13.6 Å². The Kier molecular flexibility index (Phi) is 5.12. The highest BCUT2D eigenvalue weighted by atomic mass is 19.3. The van der Waals surface area contributed by atoms with Crippen molar-refractivity contribution in [3.63, 3.8) is 0 Å². The molecule has 1 amide bonds. The summed E-state index contributed by atoms with van der Waals surface area (Å²) in [4.78, 5) is 11.2. The molecule has 96 valence electrons. The van der Waals surface area contributed by atoms with E-state index in [1.807, 2.05) is 5.32 Å². The van der Waals surface area contributed by atoms with Crippen molar-refractivity contribution in [2.24, 2.45) is 0 Å². The number of rotatable bonds is 4. The van der Waals surface area contributed by atoms with E-state index in [1.165, 1.54) is 6.92 Å². The van der Waals surface area contributed by atoms with Crippen molar-refractivity contribution in [3.05, 3.63) is 0 Å². The maximum absolute atomic E-state index is 13.2. The van der Waals surface area contributed by atoms with Crippen molar-refractivity contribution in [2.45, 2.75) is 51.7 Å². The first-order valence-corrected chi connectivity index (χ1v) is 5.06. The molecule has 0 aliphatic heterocycles. The fourth-order valence-electron chi connectivity index (χ4n) is 0.955. The van der Waals surface area contributed by atoms with E-state index in [2.05, 4.69) is 0 Å². The van der Waals surface area contributed by atoms with Crippen LogP contribution >= 0.6 is 0 Å². The normalized spacial score (nSPS) is 14.4. The van der Waals surface area contributed by atoms with Crippen LogP contribution in [0.4, 0.5) is 13.6 Å². The van der Waals surface area contributed by atoms with Crippen molar-refractivity contribution in [3.8, 4) is 0 Å². The molecule has 0 heterocycles. The largest absolute Gasteiger partial charge is 0.444 e. The molecule has 0 unspecified atom stereocenters. The third-order valence-corrected chi connectivity index (χ3v) is 1.81. The van der Waals surface area contributed by atoms with Crippen molar-refractivity contribution >= 4 is 6.09 Å². The second kappa shape index (κ2) is 5.43. The van der Waals surface area contributed by atoms with E-state index in [0.29, 0.717) is 0 Å². The van der Waals surface area contributed by atoms with Gasteiger partial charge in [0, 0.05) is 13.0 Å². The van der Waals surface area contributed by atoms with Gasteiger partial charge in [-0.05, 0) is 27.7 Å². The smallest absolute Gasteiger partial charge is 0.408 e. The van der Waals surface area contributed by atoms with E-state index in [0.717, 1.165) is 0 Å². The molecule has 0 aliphatic rings. The molecule has 6 heteroatoms. The molecule has 0 aromatic heterocycles. The van der Waals surface area contributed by atoms with E-state index in [1.54, 1.807) is 20.8 Å². The molecule has 0 bridgehead atoms. The van der Waals surface area contributed by atoms with Crippen LogP contribution in [0.5, 0.6) is 0 Å². The minimum Gasteiger partial charge on any atom is -0.444 e. The zero-order valence-electron chi connectivity index (χ0n) is 10.0. The average Bonchev–Trinajstić information content (AvgIpc) is 1.99. The highest BCUT2D eigenvalue weighted by Gasteiger charge is 2.37. The number of carbonyl (C=O) groups is 1. The predicted octanol–water partition coefficient (Wildman–Crippen LogP) is 1.92. The molecule has 0 aromatic rings. The Hall–Kier alpha value is -0.910. The number of amides is 1. The Bertz CT molecular complexity index is 239. The van der Waals surface area contributed by atoms with Gasteiger partial charge in [0.15, 0.2) is 0 Å². The van der Waals surface area contributed by atoms with Crippen molar-refractivity contribution < 1.29 is 23.4 Å². The summed E-state index contributed by atoms with van der Waals surface area (Å²) in [5.41, 5.74) is -0.726. The Balaban J connectivity index is 4.24. The summed E-state index contributed by atoms with van der Waals surface area (Å²) in [6.45, 7) is 5.46. The minimum atomic E-state index is -3.15. The second-order valence-electron chi connectivity index (χ2n) is 4.60. The number of nitrogens with one attached hydrogen (secondary N) is 1. The molecule has 1 atom stereocenters. The van der Waals surface area contributed by atoms with Crippen LogP contribution in [0.1, 0.15) is 34.1 Å². The molecular weight excluding hydrogens is 220 g/mol. The van der Waals surface area contributed by atoms with E-state index in [-0.39, 0.29) is 0 Å². The summed E-state index contributed by atoms with van der Waals surface area (Å²) in [5, 5.41) is 10.5. The highest BCUT2D eigenvalue weighted by Crippen LogP contribution is 2.22. The molecule has 0 rings (SSSR count). The molecule has 2 N–H and O–H groups in total. The summed E-state index contributed by atoms with van der Waals surface area (Å²) in [7, 11) is 0. The second-order valence-corrected chi connectivity index (χ2v) is 4.60. The van der Waals surface area contributed by atoms with Crippen LogP contribution in [0.2, 0.25) is 0 Å². The number of halogens is 2. The van der Waals surface area contributed by atoms with Gasteiger partial charge in [-0.3, -0.25) is 0 Å². The number of carbonyl (C=O) groups excluding carboxylic acids is 1. The molecule has 16 heavy (non-hydrogen) atoms. The first-order chi connectivity index (χ1) is 7.08. The van der Waals surface area contributed by atoms with Crippen molar-refractivity contribution in [1.29, 1.82) is 0 Å². The monoisotopic (exact) mass is 239 g/mol. The molecular formula is C10H19F2NO3. The standard InChI is InChI=1S/C10H19F2NO3/c1-7(10(11,12)5-6-14)13-8(15)16-9(2,3)4/h7,14H,5-6H2,1-4H3,(H,13,15)/t7-/m0/s1. The van der Waals surface area contributed by atoms with Crippen LogP contribution < -0.4 is 5.32 Å². The van der Waals surface area contributed by atoms with Gasteiger partial charge in [0.05, 0.1) is 6.04 Å². The summed E-state index contributed by atoms with van der Waals surface area (Å²) < 4.78 is 31.2. The van der Waals surface area contributed by atoms with Crippen molar-refractivity contribution in [1.82, 2.24) is 5.32 Å². The number of aliphatic hydroxyl groups is 1. The van der Waals surface area contributed by atoms with Gasteiger partial charge in [0.2, 0.25) is 0 Å². The molecule has 0 spiro atoms. The lowest BCUT2D eigenvalue weighted by Crippen LogP contribution is -2.47. The maximum Gasteiger partial charge on any atom is 0.408 e. The van der Waals surface area contributed by atoms with Crippen LogP contribution in [0.25, 0.3) is 0 Å². The number of ether oxygens (including phenoxy) is 1.